The third kappa shape index (κ3) is 3.57. The van der Waals surface area contributed by atoms with Gasteiger partial charge < -0.3 is 16.3 Å². The predicted octanol–water partition coefficient (Wildman–Crippen LogP) is 2.12. The summed E-state index contributed by atoms with van der Waals surface area (Å²) in [5, 5.41) is 16.4. The number of amides is 1. The van der Waals surface area contributed by atoms with Crippen molar-refractivity contribution in [1.29, 1.82) is 0 Å². The lowest BCUT2D eigenvalue weighted by Crippen LogP contribution is -2.28. The fourth-order valence-electron chi connectivity index (χ4n) is 1.83. The molecule has 2 aromatic rings. The largest absolute Gasteiger partial charge is 0.409 e. The number of nitrogens with two attached hydrogens (primary N) is 1. The standard InChI is InChI=1S/C14H16N4O2S/c1-2-10(12-4-3-7-21-12)17-14(19)11-6-5-9(8-16-11)13(15)18-20/h3-8,10,20H,2H2,1H3,(H2,15,18)(H,17,19). The molecule has 110 valence electrons. The smallest absolute Gasteiger partial charge is 0.270 e. The summed E-state index contributed by atoms with van der Waals surface area (Å²) >= 11 is 1.61. The number of aromatic nitrogens is 1. The minimum atomic E-state index is -0.249. The van der Waals surface area contributed by atoms with Crippen molar-refractivity contribution >= 4 is 23.1 Å². The SMILES string of the molecule is CCC(NC(=O)c1ccc(C(N)=NO)cn1)c1cccs1. The van der Waals surface area contributed by atoms with E-state index in [1.807, 2.05) is 24.4 Å². The van der Waals surface area contributed by atoms with Gasteiger partial charge in [0.2, 0.25) is 0 Å². The van der Waals surface area contributed by atoms with Crippen LogP contribution >= 0.6 is 11.3 Å². The molecule has 7 heteroatoms. The number of oxime groups is 1. The van der Waals surface area contributed by atoms with Crippen molar-refractivity contribution in [3.8, 4) is 0 Å². The molecule has 0 spiro atoms. The van der Waals surface area contributed by atoms with Crippen LogP contribution in [0.4, 0.5) is 0 Å². The Bertz CT molecular complexity index is 623. The van der Waals surface area contributed by atoms with Gasteiger partial charge in [-0.2, -0.15) is 0 Å². The maximum atomic E-state index is 12.2. The van der Waals surface area contributed by atoms with Gasteiger partial charge in [0.25, 0.3) is 5.91 Å². The van der Waals surface area contributed by atoms with Gasteiger partial charge in [-0.05, 0) is 30.0 Å². The van der Waals surface area contributed by atoms with E-state index in [1.54, 1.807) is 23.5 Å². The molecular weight excluding hydrogens is 288 g/mol. The molecule has 0 aliphatic rings. The normalized spacial score (nSPS) is 12.9. The Balaban J connectivity index is 2.09. The van der Waals surface area contributed by atoms with Crippen LogP contribution in [0.3, 0.4) is 0 Å². The number of hydrogen-bond donors (Lipinski definition) is 3. The van der Waals surface area contributed by atoms with E-state index in [4.69, 9.17) is 10.9 Å². The van der Waals surface area contributed by atoms with Gasteiger partial charge in [-0.15, -0.1) is 11.3 Å². The summed E-state index contributed by atoms with van der Waals surface area (Å²) in [6.45, 7) is 2.01. The van der Waals surface area contributed by atoms with E-state index in [-0.39, 0.29) is 17.8 Å². The van der Waals surface area contributed by atoms with Crippen LogP contribution in [0.15, 0.2) is 41.0 Å². The van der Waals surface area contributed by atoms with Gasteiger partial charge in [-0.3, -0.25) is 9.78 Å². The molecule has 4 N–H and O–H groups in total. The Morgan fingerprint density at radius 1 is 1.52 bits per heavy atom. The lowest BCUT2D eigenvalue weighted by atomic mass is 10.1. The second-order valence-electron chi connectivity index (χ2n) is 4.37. The zero-order valence-electron chi connectivity index (χ0n) is 11.5. The molecule has 2 heterocycles. The summed E-state index contributed by atoms with van der Waals surface area (Å²) in [7, 11) is 0. The molecule has 21 heavy (non-hydrogen) atoms. The number of pyridine rings is 1. The first-order valence-electron chi connectivity index (χ1n) is 6.44. The lowest BCUT2D eigenvalue weighted by molar-refractivity contribution is 0.0931. The van der Waals surface area contributed by atoms with Crippen molar-refractivity contribution in [2.45, 2.75) is 19.4 Å². The summed E-state index contributed by atoms with van der Waals surface area (Å²) < 4.78 is 0. The number of amidine groups is 1. The first-order valence-corrected chi connectivity index (χ1v) is 7.32. The molecule has 0 bridgehead atoms. The topological polar surface area (TPSA) is 101 Å². The lowest BCUT2D eigenvalue weighted by Gasteiger charge is -2.15. The Morgan fingerprint density at radius 2 is 2.33 bits per heavy atom. The molecule has 0 aromatic carbocycles. The van der Waals surface area contributed by atoms with E-state index < -0.39 is 0 Å². The monoisotopic (exact) mass is 304 g/mol. The second-order valence-corrected chi connectivity index (χ2v) is 5.35. The third-order valence-corrected chi connectivity index (χ3v) is 3.99. The highest BCUT2D eigenvalue weighted by Crippen LogP contribution is 2.21. The van der Waals surface area contributed by atoms with E-state index in [2.05, 4.69) is 15.5 Å². The van der Waals surface area contributed by atoms with Crippen molar-refractivity contribution < 1.29 is 10.0 Å². The second kappa shape index (κ2) is 6.85. The van der Waals surface area contributed by atoms with Crippen molar-refractivity contribution in [3.05, 3.63) is 52.0 Å². The van der Waals surface area contributed by atoms with Crippen LogP contribution in [-0.2, 0) is 0 Å². The summed E-state index contributed by atoms with van der Waals surface area (Å²) in [5.74, 6) is -0.291. The zero-order chi connectivity index (χ0) is 15.2. The van der Waals surface area contributed by atoms with Gasteiger partial charge in [0.1, 0.15) is 5.69 Å². The van der Waals surface area contributed by atoms with Crippen LogP contribution in [0.25, 0.3) is 0 Å². The van der Waals surface area contributed by atoms with Crippen LogP contribution in [0, 0.1) is 0 Å². The molecular formula is C14H16N4O2S. The molecule has 1 amide bonds. The molecule has 0 saturated heterocycles. The van der Waals surface area contributed by atoms with Gasteiger partial charge in [0.15, 0.2) is 5.84 Å². The highest BCUT2D eigenvalue weighted by molar-refractivity contribution is 7.10. The molecule has 0 fully saturated rings. The average Bonchev–Trinajstić information content (AvgIpc) is 3.06. The van der Waals surface area contributed by atoms with Gasteiger partial charge in [-0.25, -0.2) is 0 Å². The summed E-state index contributed by atoms with van der Waals surface area (Å²) in [6.07, 6.45) is 2.20. The number of rotatable bonds is 5. The quantitative estimate of drug-likeness (QED) is 0.341. The van der Waals surface area contributed by atoms with Gasteiger partial charge >= 0.3 is 0 Å². The number of nitrogens with zero attached hydrogens (tertiary/aromatic N) is 2. The first kappa shape index (κ1) is 15.0. The molecule has 0 radical (unpaired) electrons. The fraction of sp³-hybridized carbons (Fsp3) is 0.214. The number of nitrogens with one attached hydrogen (secondary N) is 1. The minimum absolute atomic E-state index is 0.0250. The Hall–Kier alpha value is -2.41. The van der Waals surface area contributed by atoms with E-state index in [0.29, 0.717) is 11.3 Å². The molecule has 0 aliphatic carbocycles. The highest BCUT2D eigenvalue weighted by Gasteiger charge is 2.15. The van der Waals surface area contributed by atoms with Gasteiger partial charge in [-0.1, -0.05) is 18.1 Å². The van der Waals surface area contributed by atoms with E-state index in [1.165, 1.54) is 6.20 Å². The molecule has 1 atom stereocenters. The van der Waals surface area contributed by atoms with E-state index >= 15 is 0 Å². The van der Waals surface area contributed by atoms with E-state index in [0.717, 1.165) is 11.3 Å². The average molecular weight is 304 g/mol. The molecule has 1 unspecified atom stereocenters. The maximum absolute atomic E-state index is 12.2. The predicted molar refractivity (Wildman–Crippen MR) is 81.6 cm³/mol. The van der Waals surface area contributed by atoms with Crippen LogP contribution < -0.4 is 11.1 Å². The Labute approximate surface area is 126 Å². The van der Waals surface area contributed by atoms with Crippen molar-refractivity contribution in [3.63, 3.8) is 0 Å². The summed E-state index contributed by atoms with van der Waals surface area (Å²) in [6, 6.07) is 7.06. The van der Waals surface area contributed by atoms with Gasteiger partial charge in [0, 0.05) is 16.6 Å². The fourth-order valence-corrected chi connectivity index (χ4v) is 2.69. The summed E-state index contributed by atoms with van der Waals surface area (Å²) in [4.78, 5) is 17.3. The van der Waals surface area contributed by atoms with Gasteiger partial charge in [0.05, 0.1) is 6.04 Å². The van der Waals surface area contributed by atoms with Crippen LogP contribution in [0.2, 0.25) is 0 Å². The number of carbonyl (C=O) groups is 1. The van der Waals surface area contributed by atoms with Crippen LogP contribution in [-0.4, -0.2) is 21.9 Å². The van der Waals surface area contributed by atoms with Crippen LogP contribution in [0.5, 0.6) is 0 Å². The third-order valence-electron chi connectivity index (χ3n) is 3.00. The number of carbonyl (C=O) groups excluding carboxylic acids is 1. The van der Waals surface area contributed by atoms with Crippen molar-refractivity contribution in [2.24, 2.45) is 10.9 Å². The summed E-state index contributed by atoms with van der Waals surface area (Å²) in [5.41, 5.74) is 6.20. The molecule has 2 rings (SSSR count). The Morgan fingerprint density at radius 3 is 2.86 bits per heavy atom. The molecule has 6 nitrogen and oxygen atoms in total. The zero-order valence-corrected chi connectivity index (χ0v) is 12.3. The minimum Gasteiger partial charge on any atom is -0.409 e. The van der Waals surface area contributed by atoms with Crippen LogP contribution in [0.1, 0.15) is 40.3 Å². The first-order chi connectivity index (χ1) is 10.2. The Kier molecular flexibility index (Phi) is 4.89. The van der Waals surface area contributed by atoms with Crippen molar-refractivity contribution in [2.75, 3.05) is 0 Å². The van der Waals surface area contributed by atoms with Crippen molar-refractivity contribution in [1.82, 2.24) is 10.3 Å². The highest BCUT2D eigenvalue weighted by atomic mass is 32.1. The van der Waals surface area contributed by atoms with E-state index in [9.17, 15) is 4.79 Å². The maximum Gasteiger partial charge on any atom is 0.270 e. The molecule has 2 aromatic heterocycles. The molecule has 0 saturated carbocycles. The molecule has 0 aliphatic heterocycles. The number of thiophene rings is 1. The number of hydrogen-bond acceptors (Lipinski definition) is 5.